The molecule has 2 aromatic rings. The van der Waals surface area contributed by atoms with E-state index in [2.05, 4.69) is 49.9 Å². The normalized spacial score (nSPS) is 28.4. The van der Waals surface area contributed by atoms with Crippen LogP contribution in [0.2, 0.25) is 0 Å². The fourth-order valence-electron chi connectivity index (χ4n) is 5.21. The number of fused-ring (bicyclic) bond motifs is 1. The van der Waals surface area contributed by atoms with E-state index in [1.54, 1.807) is 6.07 Å². The number of halogens is 1. The van der Waals surface area contributed by atoms with E-state index in [0.717, 1.165) is 41.4 Å². The van der Waals surface area contributed by atoms with E-state index in [4.69, 9.17) is 0 Å². The van der Waals surface area contributed by atoms with Gasteiger partial charge in [0.05, 0.1) is 0 Å². The first-order valence-electron chi connectivity index (χ1n) is 10.1. The van der Waals surface area contributed by atoms with Gasteiger partial charge in [-0.3, -0.25) is 0 Å². The van der Waals surface area contributed by atoms with Crippen molar-refractivity contribution in [1.29, 1.82) is 0 Å². The van der Waals surface area contributed by atoms with Crippen molar-refractivity contribution in [3.63, 3.8) is 0 Å². The summed E-state index contributed by atoms with van der Waals surface area (Å²) in [6.45, 7) is 6.06. The quantitative estimate of drug-likeness (QED) is 0.511. The van der Waals surface area contributed by atoms with Crippen LogP contribution in [0.25, 0.3) is 11.1 Å². The topological polar surface area (TPSA) is 0 Å². The molecule has 0 spiro atoms. The van der Waals surface area contributed by atoms with Crippen LogP contribution in [0.15, 0.2) is 55.1 Å². The molecular weight excluding hydrogens is 319 g/mol. The SMILES string of the molecule is C=CC1CCC2CC(c3ccc(-c4ccc(C)cc4)cc3F)CCC2C1. The zero-order valence-electron chi connectivity index (χ0n) is 15.8. The zero-order chi connectivity index (χ0) is 18.1. The number of hydrogen-bond acceptors (Lipinski definition) is 0. The highest BCUT2D eigenvalue weighted by Gasteiger charge is 2.35. The number of allylic oxidation sites excluding steroid dienone is 1. The molecule has 4 unspecified atom stereocenters. The van der Waals surface area contributed by atoms with Gasteiger partial charge in [-0.1, -0.05) is 48.0 Å². The van der Waals surface area contributed by atoms with Gasteiger partial charge in [0.1, 0.15) is 5.82 Å². The molecule has 2 aliphatic rings. The predicted octanol–water partition coefficient (Wildman–Crippen LogP) is 7.29. The van der Waals surface area contributed by atoms with Crippen molar-refractivity contribution < 1.29 is 4.39 Å². The van der Waals surface area contributed by atoms with E-state index < -0.39 is 0 Å². The largest absolute Gasteiger partial charge is 0.207 e. The Hall–Kier alpha value is -1.89. The lowest BCUT2D eigenvalue weighted by Gasteiger charge is -2.41. The molecule has 136 valence electrons. The van der Waals surface area contributed by atoms with Crippen molar-refractivity contribution in [2.24, 2.45) is 17.8 Å². The molecule has 0 heterocycles. The first kappa shape index (κ1) is 17.5. The van der Waals surface area contributed by atoms with Crippen molar-refractivity contribution >= 4 is 0 Å². The van der Waals surface area contributed by atoms with E-state index in [9.17, 15) is 4.39 Å². The summed E-state index contributed by atoms with van der Waals surface area (Å²) in [5.74, 6) is 2.69. The Morgan fingerprint density at radius 2 is 1.58 bits per heavy atom. The average molecular weight is 349 g/mol. The van der Waals surface area contributed by atoms with Crippen LogP contribution in [0.1, 0.15) is 55.6 Å². The van der Waals surface area contributed by atoms with Crippen molar-refractivity contribution in [2.45, 2.75) is 51.4 Å². The number of aryl methyl sites for hydroxylation is 1. The molecule has 1 heteroatoms. The molecule has 2 saturated carbocycles. The van der Waals surface area contributed by atoms with Gasteiger partial charge in [-0.05, 0) is 91.9 Å². The summed E-state index contributed by atoms with van der Waals surface area (Å²) in [5, 5.41) is 0. The second kappa shape index (κ2) is 7.39. The minimum Gasteiger partial charge on any atom is -0.207 e. The fourth-order valence-corrected chi connectivity index (χ4v) is 5.21. The molecule has 0 N–H and O–H groups in total. The summed E-state index contributed by atoms with van der Waals surface area (Å²) >= 11 is 0. The Balaban J connectivity index is 1.50. The lowest BCUT2D eigenvalue weighted by molar-refractivity contribution is 0.132. The number of rotatable bonds is 3. The maximum Gasteiger partial charge on any atom is 0.127 e. The monoisotopic (exact) mass is 348 g/mol. The first-order chi connectivity index (χ1) is 12.6. The summed E-state index contributed by atoms with van der Waals surface area (Å²) in [7, 11) is 0. The summed E-state index contributed by atoms with van der Waals surface area (Å²) in [4.78, 5) is 0. The highest BCUT2D eigenvalue weighted by Crippen LogP contribution is 2.48. The van der Waals surface area contributed by atoms with Gasteiger partial charge in [-0.25, -0.2) is 4.39 Å². The van der Waals surface area contributed by atoms with Crippen molar-refractivity contribution in [3.8, 4) is 11.1 Å². The van der Waals surface area contributed by atoms with Gasteiger partial charge >= 0.3 is 0 Å². The molecule has 0 aliphatic heterocycles. The van der Waals surface area contributed by atoms with Crippen LogP contribution in [-0.4, -0.2) is 0 Å². The third-order valence-corrected chi connectivity index (χ3v) is 6.81. The molecule has 0 radical (unpaired) electrons. The van der Waals surface area contributed by atoms with Crippen LogP contribution in [-0.2, 0) is 0 Å². The summed E-state index contributed by atoms with van der Waals surface area (Å²) in [6, 6.07) is 14.2. The minimum atomic E-state index is -0.0219. The van der Waals surface area contributed by atoms with E-state index >= 15 is 0 Å². The fraction of sp³-hybridized carbons (Fsp3) is 0.440. The molecule has 0 saturated heterocycles. The highest BCUT2D eigenvalue weighted by molar-refractivity contribution is 5.64. The molecule has 0 aromatic heterocycles. The molecule has 2 fully saturated rings. The number of hydrogen-bond donors (Lipinski definition) is 0. The Morgan fingerprint density at radius 3 is 2.31 bits per heavy atom. The van der Waals surface area contributed by atoms with Crippen LogP contribution in [0.3, 0.4) is 0 Å². The van der Waals surface area contributed by atoms with Crippen molar-refractivity contribution in [1.82, 2.24) is 0 Å². The van der Waals surface area contributed by atoms with Crippen molar-refractivity contribution in [3.05, 3.63) is 72.1 Å². The minimum absolute atomic E-state index is 0.0219. The molecule has 26 heavy (non-hydrogen) atoms. The summed E-state index contributed by atoms with van der Waals surface area (Å²) < 4.78 is 14.9. The molecule has 0 amide bonds. The van der Waals surface area contributed by atoms with Crippen molar-refractivity contribution in [2.75, 3.05) is 0 Å². The standard InChI is InChI=1S/C25H29F/c1-3-18-6-9-21-15-23(11-10-20(21)14-18)24-13-12-22(16-25(24)26)19-7-4-17(2)5-8-19/h3-5,7-8,12-13,16,18,20-21,23H,1,6,9-11,14-15H2,2H3. The molecule has 4 atom stereocenters. The third kappa shape index (κ3) is 3.49. The van der Waals surface area contributed by atoms with E-state index in [1.807, 2.05) is 6.07 Å². The summed E-state index contributed by atoms with van der Waals surface area (Å²) in [5.41, 5.74) is 4.23. The van der Waals surface area contributed by atoms with E-state index in [1.165, 1.54) is 31.2 Å². The maximum atomic E-state index is 14.9. The average Bonchev–Trinajstić information content (AvgIpc) is 2.67. The van der Waals surface area contributed by atoms with Gasteiger partial charge in [-0.2, -0.15) is 0 Å². The zero-order valence-corrected chi connectivity index (χ0v) is 15.8. The predicted molar refractivity (Wildman–Crippen MR) is 108 cm³/mol. The molecular formula is C25H29F. The molecule has 2 aromatic carbocycles. The van der Waals surface area contributed by atoms with Gasteiger partial charge in [0, 0.05) is 0 Å². The second-order valence-corrected chi connectivity index (χ2v) is 8.44. The van der Waals surface area contributed by atoms with Gasteiger partial charge < -0.3 is 0 Å². The molecule has 0 bridgehead atoms. The second-order valence-electron chi connectivity index (χ2n) is 8.44. The van der Waals surface area contributed by atoms with Crippen LogP contribution in [0, 0.1) is 30.5 Å². The lowest BCUT2D eigenvalue weighted by atomic mass is 9.64. The smallest absolute Gasteiger partial charge is 0.127 e. The van der Waals surface area contributed by atoms with Crippen LogP contribution in [0.4, 0.5) is 4.39 Å². The van der Waals surface area contributed by atoms with Crippen LogP contribution < -0.4 is 0 Å². The van der Waals surface area contributed by atoms with Gasteiger partial charge in [0.15, 0.2) is 0 Å². The molecule has 4 rings (SSSR count). The summed E-state index contributed by atoms with van der Waals surface area (Å²) in [6.07, 6.45) is 9.55. The lowest BCUT2D eigenvalue weighted by Crippen LogP contribution is -2.30. The van der Waals surface area contributed by atoms with E-state index in [0.29, 0.717) is 11.8 Å². The Labute approximate surface area is 157 Å². The van der Waals surface area contributed by atoms with Gasteiger partial charge in [0.2, 0.25) is 0 Å². The van der Waals surface area contributed by atoms with Crippen LogP contribution in [0.5, 0.6) is 0 Å². The third-order valence-electron chi connectivity index (χ3n) is 6.81. The highest BCUT2D eigenvalue weighted by atomic mass is 19.1. The molecule has 0 nitrogen and oxygen atoms in total. The number of benzene rings is 2. The maximum absolute atomic E-state index is 14.9. The van der Waals surface area contributed by atoms with E-state index in [-0.39, 0.29) is 5.82 Å². The van der Waals surface area contributed by atoms with Gasteiger partial charge in [-0.15, -0.1) is 6.58 Å². The Morgan fingerprint density at radius 1 is 0.885 bits per heavy atom. The first-order valence-corrected chi connectivity index (χ1v) is 10.1. The van der Waals surface area contributed by atoms with Gasteiger partial charge in [0.25, 0.3) is 0 Å². The molecule has 2 aliphatic carbocycles. The Bertz CT molecular complexity index is 773. The van der Waals surface area contributed by atoms with Crippen LogP contribution >= 0.6 is 0 Å². The Kier molecular flexibility index (Phi) is 4.98.